The van der Waals surface area contributed by atoms with Crippen LogP contribution in [0.3, 0.4) is 0 Å². The fraction of sp³-hybridized carbons (Fsp3) is 0.640. The predicted molar refractivity (Wildman–Crippen MR) is 110 cm³/mol. The Morgan fingerprint density at radius 1 is 1.03 bits per heavy atom. The highest BCUT2D eigenvalue weighted by Crippen LogP contribution is 2.66. The molecule has 0 radical (unpaired) electrons. The average molecular weight is 400 g/mol. The van der Waals surface area contributed by atoms with Gasteiger partial charge in [-0.3, -0.25) is 4.98 Å². The first-order valence-corrected chi connectivity index (χ1v) is 11.1. The molecule has 156 valence electrons. The molecule has 2 nitrogen and oxygen atoms in total. The highest BCUT2D eigenvalue weighted by atomic mass is 19.3. The molecule has 1 heterocycles. The quantitative estimate of drug-likeness (QED) is 0.589. The Morgan fingerprint density at radius 3 is 2.62 bits per heavy atom. The lowest BCUT2D eigenvalue weighted by molar-refractivity contribution is -0.0238. The van der Waals surface area contributed by atoms with Crippen LogP contribution >= 0.6 is 0 Å². The maximum atomic E-state index is 13.2. The highest BCUT2D eigenvalue weighted by molar-refractivity contribution is 5.72. The molecule has 2 fully saturated rings. The Kier molecular flexibility index (Phi) is 4.51. The molecule has 4 aliphatic rings. The molecule has 2 saturated carbocycles. The van der Waals surface area contributed by atoms with Gasteiger partial charge in [0.15, 0.2) is 0 Å². The van der Waals surface area contributed by atoms with Crippen molar-refractivity contribution in [3.05, 3.63) is 47.3 Å². The van der Waals surface area contributed by atoms with E-state index in [1.54, 1.807) is 12.3 Å². The minimum atomic E-state index is -2.48. The molecule has 4 aliphatic carbocycles. The summed E-state index contributed by atoms with van der Waals surface area (Å²) in [6.45, 7) is 4.79. The molecule has 0 aromatic carbocycles. The summed E-state index contributed by atoms with van der Waals surface area (Å²) in [5.74, 6) is 1.87. The average Bonchev–Trinajstić information content (AvgIpc) is 3.06. The van der Waals surface area contributed by atoms with Crippen LogP contribution in [0.1, 0.15) is 76.3 Å². The molecule has 1 aromatic heterocycles. The summed E-state index contributed by atoms with van der Waals surface area (Å²) in [6.07, 6.45) is 12.4. The van der Waals surface area contributed by atoms with E-state index in [4.69, 9.17) is 0 Å². The van der Waals surface area contributed by atoms with Crippen molar-refractivity contribution in [2.24, 2.45) is 28.6 Å². The van der Waals surface area contributed by atoms with Crippen LogP contribution < -0.4 is 0 Å². The number of aliphatic hydroxyl groups is 1. The molecule has 5 rings (SSSR count). The van der Waals surface area contributed by atoms with Gasteiger partial charge in [-0.25, -0.2) is 8.78 Å². The maximum absolute atomic E-state index is 13.2. The third-order valence-corrected chi connectivity index (χ3v) is 8.98. The molecule has 0 unspecified atom stereocenters. The van der Waals surface area contributed by atoms with E-state index < -0.39 is 6.43 Å². The summed E-state index contributed by atoms with van der Waals surface area (Å²) in [6, 6.07) is 1.64. The molecule has 1 N–H and O–H groups in total. The zero-order valence-electron chi connectivity index (χ0n) is 17.4. The second-order valence-electron chi connectivity index (χ2n) is 10.3. The Labute approximate surface area is 172 Å². The zero-order chi connectivity index (χ0) is 20.4. The predicted octanol–water partition coefficient (Wildman–Crippen LogP) is 6.34. The van der Waals surface area contributed by atoms with Crippen molar-refractivity contribution in [2.45, 2.75) is 71.3 Å². The Morgan fingerprint density at radius 2 is 1.83 bits per heavy atom. The van der Waals surface area contributed by atoms with Gasteiger partial charge in [0.25, 0.3) is 6.43 Å². The third kappa shape index (κ3) is 2.85. The number of fused-ring (bicyclic) bond motifs is 5. The van der Waals surface area contributed by atoms with Crippen molar-refractivity contribution >= 4 is 5.57 Å². The van der Waals surface area contributed by atoms with E-state index in [0.29, 0.717) is 17.8 Å². The lowest BCUT2D eigenvalue weighted by atomic mass is 9.47. The van der Waals surface area contributed by atoms with E-state index in [0.717, 1.165) is 44.1 Å². The van der Waals surface area contributed by atoms with Gasteiger partial charge in [0.1, 0.15) is 0 Å². The summed E-state index contributed by atoms with van der Waals surface area (Å²) >= 11 is 0. The number of alkyl halides is 2. The first-order chi connectivity index (χ1) is 13.8. The van der Waals surface area contributed by atoms with Gasteiger partial charge in [0.05, 0.1) is 6.10 Å². The molecule has 1 aromatic rings. The molecule has 6 atom stereocenters. The molecular weight excluding hydrogens is 368 g/mol. The second-order valence-corrected chi connectivity index (χ2v) is 10.3. The number of rotatable bonds is 2. The number of allylic oxidation sites excluding steroid dienone is 3. The Balaban J connectivity index is 1.46. The maximum Gasteiger partial charge on any atom is 0.265 e. The summed E-state index contributed by atoms with van der Waals surface area (Å²) < 4.78 is 26.5. The van der Waals surface area contributed by atoms with Gasteiger partial charge in [-0.05, 0) is 90.7 Å². The summed E-state index contributed by atoms with van der Waals surface area (Å²) in [7, 11) is 0. The molecule has 4 heteroatoms. The van der Waals surface area contributed by atoms with Crippen molar-refractivity contribution in [3.63, 3.8) is 0 Å². The van der Waals surface area contributed by atoms with Crippen molar-refractivity contribution in [2.75, 3.05) is 0 Å². The normalized spacial score (nSPS) is 41.3. The van der Waals surface area contributed by atoms with Crippen molar-refractivity contribution in [3.8, 4) is 0 Å². The van der Waals surface area contributed by atoms with Gasteiger partial charge in [-0.15, -0.1) is 0 Å². The van der Waals surface area contributed by atoms with Crippen LogP contribution in [0.5, 0.6) is 0 Å². The van der Waals surface area contributed by atoms with Gasteiger partial charge in [-0.2, -0.15) is 0 Å². The van der Waals surface area contributed by atoms with E-state index >= 15 is 0 Å². The van der Waals surface area contributed by atoms with Crippen molar-refractivity contribution < 1.29 is 13.9 Å². The van der Waals surface area contributed by atoms with Crippen molar-refractivity contribution in [1.29, 1.82) is 0 Å². The van der Waals surface area contributed by atoms with Gasteiger partial charge in [0.2, 0.25) is 0 Å². The minimum absolute atomic E-state index is 0.0163. The molecular formula is C25H31F2NO. The van der Waals surface area contributed by atoms with E-state index in [9.17, 15) is 13.9 Å². The zero-order valence-corrected chi connectivity index (χ0v) is 17.4. The fourth-order valence-corrected chi connectivity index (χ4v) is 7.38. The second kappa shape index (κ2) is 6.73. The van der Waals surface area contributed by atoms with Crippen LogP contribution in [0.2, 0.25) is 0 Å². The van der Waals surface area contributed by atoms with Gasteiger partial charge < -0.3 is 5.11 Å². The molecule has 29 heavy (non-hydrogen) atoms. The SMILES string of the molecule is C[C@]12CC[C@H](O)CC1=CC[C@@H]1[C@@H]2CC[C@]2(C)C(c3cncc(C(F)F)c3)=CC[C@@H]12. The van der Waals surface area contributed by atoms with Gasteiger partial charge in [-0.1, -0.05) is 31.6 Å². The standard InChI is InChI=1S/C25H31F2NO/c1-24-9-7-18(29)12-17(24)3-4-19-21-6-5-20(25(21,2)10-8-22(19)24)15-11-16(23(26)27)14-28-13-15/h3,5,11,13-14,18-19,21-23,29H,4,6-10,12H2,1-2H3/t18-,19-,21-,22-,24-,25+/m0/s1. The van der Waals surface area contributed by atoms with Gasteiger partial charge >= 0.3 is 0 Å². The van der Waals surface area contributed by atoms with E-state index in [1.807, 2.05) is 0 Å². The monoisotopic (exact) mass is 399 g/mol. The molecule has 0 amide bonds. The molecule has 0 bridgehead atoms. The first-order valence-electron chi connectivity index (χ1n) is 11.1. The minimum Gasteiger partial charge on any atom is -0.393 e. The van der Waals surface area contributed by atoms with Crippen LogP contribution in [0.25, 0.3) is 5.57 Å². The number of aliphatic hydroxyl groups excluding tert-OH is 1. The van der Waals surface area contributed by atoms with Crippen LogP contribution in [-0.4, -0.2) is 16.2 Å². The largest absolute Gasteiger partial charge is 0.393 e. The lowest BCUT2D eigenvalue weighted by Gasteiger charge is -2.57. The van der Waals surface area contributed by atoms with Crippen molar-refractivity contribution in [1.82, 2.24) is 4.98 Å². The van der Waals surface area contributed by atoms with E-state index in [1.165, 1.54) is 23.8 Å². The van der Waals surface area contributed by atoms with Crippen LogP contribution in [-0.2, 0) is 0 Å². The number of hydrogen-bond donors (Lipinski definition) is 1. The Hall–Kier alpha value is -1.55. The summed E-state index contributed by atoms with van der Waals surface area (Å²) in [4.78, 5) is 4.12. The number of halogens is 2. The number of hydrogen-bond acceptors (Lipinski definition) is 2. The third-order valence-electron chi connectivity index (χ3n) is 8.98. The van der Waals surface area contributed by atoms with Crippen LogP contribution in [0.4, 0.5) is 8.78 Å². The van der Waals surface area contributed by atoms with E-state index in [2.05, 4.69) is 31.0 Å². The van der Waals surface area contributed by atoms with Crippen LogP contribution in [0, 0.1) is 28.6 Å². The Bertz CT molecular complexity index is 877. The van der Waals surface area contributed by atoms with Crippen LogP contribution in [0.15, 0.2) is 36.2 Å². The number of nitrogens with zero attached hydrogens (tertiary/aromatic N) is 1. The lowest BCUT2D eigenvalue weighted by Crippen LogP contribution is -2.49. The molecule has 0 aliphatic heterocycles. The summed E-state index contributed by atoms with van der Waals surface area (Å²) in [5, 5.41) is 10.2. The highest BCUT2D eigenvalue weighted by Gasteiger charge is 2.56. The van der Waals surface area contributed by atoms with Gasteiger partial charge in [0, 0.05) is 18.0 Å². The molecule has 0 spiro atoms. The number of aromatic nitrogens is 1. The van der Waals surface area contributed by atoms with E-state index in [-0.39, 0.29) is 22.5 Å². The first kappa shape index (κ1) is 19.4. The number of pyridine rings is 1. The molecule has 0 saturated heterocycles. The topological polar surface area (TPSA) is 33.1 Å². The smallest absolute Gasteiger partial charge is 0.265 e. The fourth-order valence-electron chi connectivity index (χ4n) is 7.38. The summed E-state index contributed by atoms with van der Waals surface area (Å²) in [5.41, 5.74) is 3.88.